The fourth-order valence-electron chi connectivity index (χ4n) is 1.18. The fourth-order valence-corrected chi connectivity index (χ4v) is 1.42. The second-order valence-electron chi connectivity index (χ2n) is 2.72. The Labute approximate surface area is 104 Å². The van der Waals surface area contributed by atoms with Gasteiger partial charge < -0.3 is 0 Å². The van der Waals surface area contributed by atoms with Crippen molar-refractivity contribution in [3.05, 3.63) is 45.9 Å². The quantitative estimate of drug-likeness (QED) is 0.346. The molecule has 0 N–H and O–H groups in total. The van der Waals surface area contributed by atoms with Crippen LogP contribution in [0.5, 0.6) is 0 Å². The van der Waals surface area contributed by atoms with Gasteiger partial charge in [-0.25, -0.2) is 0 Å². The van der Waals surface area contributed by atoms with E-state index in [4.69, 9.17) is 0 Å². The van der Waals surface area contributed by atoms with E-state index in [1.807, 2.05) is 0 Å². The van der Waals surface area contributed by atoms with Gasteiger partial charge in [-0.15, -0.1) is 0 Å². The average molecular weight is 248 g/mol. The molecule has 3 nitrogen and oxygen atoms in total. The monoisotopic (exact) mass is 248 g/mol. The van der Waals surface area contributed by atoms with E-state index in [9.17, 15) is 10.1 Å². The zero-order valence-corrected chi connectivity index (χ0v) is 9.81. The van der Waals surface area contributed by atoms with Crippen LogP contribution < -0.4 is 0 Å². The van der Waals surface area contributed by atoms with E-state index in [1.165, 1.54) is 6.07 Å². The molecule has 0 heterocycles. The first-order chi connectivity index (χ1) is 7.61. The smallest absolute Gasteiger partial charge is 0.258 e. The molecule has 0 fully saturated rings. The maximum absolute atomic E-state index is 10.9. The van der Waals surface area contributed by atoms with Gasteiger partial charge >= 0.3 is 0 Å². The summed E-state index contributed by atoms with van der Waals surface area (Å²) in [5.41, 5.74) is 0.830. The molecule has 0 spiro atoms. The Kier molecular flexibility index (Phi) is 4.30. The molecule has 0 atom stereocenters. The van der Waals surface area contributed by atoms with Crippen molar-refractivity contribution in [3.63, 3.8) is 0 Å². The number of benzene rings is 1. The Morgan fingerprint density at radius 2 is 1.69 bits per heavy atom. The van der Waals surface area contributed by atoms with Crippen LogP contribution in [0.1, 0.15) is 16.7 Å². The number of thiol groups is 2. The Morgan fingerprint density at radius 1 is 1.19 bits per heavy atom. The predicted octanol–water partition coefficient (Wildman–Crippen LogP) is 2.25. The SMILES string of the molecule is [CH2]c1c(C#CS)ccc(C#CS)c1[N+](=O)[O-]. The lowest BCUT2D eigenvalue weighted by Gasteiger charge is -2.02. The zero-order valence-electron chi connectivity index (χ0n) is 8.02. The lowest BCUT2D eigenvalue weighted by Crippen LogP contribution is -1.97. The highest BCUT2D eigenvalue weighted by molar-refractivity contribution is 7.85. The normalized spacial score (nSPS) is 8.44. The van der Waals surface area contributed by atoms with Gasteiger partial charge in [-0.2, -0.15) is 0 Å². The Hall–Kier alpha value is -1.56. The van der Waals surface area contributed by atoms with Crippen LogP contribution >= 0.6 is 25.3 Å². The number of nitro groups is 1. The average Bonchev–Trinajstić information content (AvgIpc) is 2.22. The van der Waals surface area contributed by atoms with E-state index in [0.717, 1.165) is 0 Å². The molecule has 0 amide bonds. The molecule has 0 aliphatic rings. The van der Waals surface area contributed by atoms with Crippen LogP contribution in [-0.2, 0) is 0 Å². The minimum absolute atomic E-state index is 0.143. The molecule has 0 aromatic heterocycles. The molecular formula is C11H6NO2S2. The zero-order chi connectivity index (χ0) is 12.1. The van der Waals surface area contributed by atoms with E-state index in [0.29, 0.717) is 5.56 Å². The largest absolute Gasteiger partial charge is 0.289 e. The maximum Gasteiger partial charge on any atom is 0.289 e. The van der Waals surface area contributed by atoms with Crippen molar-refractivity contribution >= 4 is 30.9 Å². The van der Waals surface area contributed by atoms with Gasteiger partial charge in [-0.3, -0.25) is 10.1 Å². The van der Waals surface area contributed by atoms with Crippen molar-refractivity contribution in [2.45, 2.75) is 0 Å². The number of rotatable bonds is 1. The lowest BCUT2D eigenvalue weighted by atomic mass is 10.0. The molecule has 0 bridgehead atoms. The highest BCUT2D eigenvalue weighted by atomic mass is 32.1. The maximum atomic E-state index is 10.9. The molecule has 0 aliphatic heterocycles. The van der Waals surface area contributed by atoms with Crippen LogP contribution in [0.15, 0.2) is 12.1 Å². The minimum atomic E-state index is -0.528. The summed E-state index contributed by atoms with van der Waals surface area (Å²) in [7, 11) is 0. The van der Waals surface area contributed by atoms with Crippen molar-refractivity contribution < 1.29 is 4.92 Å². The van der Waals surface area contributed by atoms with E-state index in [1.54, 1.807) is 6.07 Å². The lowest BCUT2D eigenvalue weighted by molar-refractivity contribution is -0.385. The second kappa shape index (κ2) is 5.50. The van der Waals surface area contributed by atoms with Gasteiger partial charge in [0.2, 0.25) is 0 Å². The van der Waals surface area contributed by atoms with E-state index < -0.39 is 4.92 Å². The van der Waals surface area contributed by atoms with E-state index >= 15 is 0 Å². The summed E-state index contributed by atoms with van der Waals surface area (Å²) in [6.45, 7) is 3.63. The second-order valence-corrected chi connectivity index (χ2v) is 3.17. The Bertz CT molecular complexity index is 559. The first kappa shape index (κ1) is 12.5. The topological polar surface area (TPSA) is 43.1 Å². The summed E-state index contributed by atoms with van der Waals surface area (Å²) >= 11 is 7.44. The molecule has 79 valence electrons. The third kappa shape index (κ3) is 2.52. The Balaban J connectivity index is 3.56. The first-order valence-corrected chi connectivity index (χ1v) is 4.94. The van der Waals surface area contributed by atoms with E-state index in [-0.39, 0.29) is 16.8 Å². The van der Waals surface area contributed by atoms with Crippen LogP contribution in [0.25, 0.3) is 0 Å². The summed E-state index contributed by atoms with van der Waals surface area (Å²) in [4.78, 5) is 10.4. The van der Waals surface area contributed by atoms with Crippen LogP contribution in [0, 0.1) is 39.4 Å². The number of hydrogen-bond acceptors (Lipinski definition) is 4. The van der Waals surface area contributed by atoms with E-state index in [2.05, 4.69) is 54.5 Å². The number of hydrogen-bond donors (Lipinski definition) is 2. The molecule has 1 rings (SSSR count). The molecule has 0 saturated heterocycles. The highest BCUT2D eigenvalue weighted by Crippen LogP contribution is 2.25. The Morgan fingerprint density at radius 3 is 2.19 bits per heavy atom. The standard InChI is InChI=1S/C11H6NO2S2/c1-8-9(4-6-15)2-3-10(5-7-16)11(8)12(13)14/h2-3,15-16H,1H2. The van der Waals surface area contributed by atoms with Gasteiger partial charge in [0.25, 0.3) is 5.69 Å². The van der Waals surface area contributed by atoms with Crippen LogP contribution in [0.4, 0.5) is 5.69 Å². The van der Waals surface area contributed by atoms with Crippen LogP contribution in [-0.4, -0.2) is 4.92 Å². The molecule has 1 radical (unpaired) electrons. The number of nitrogens with zero attached hydrogens (tertiary/aromatic N) is 1. The van der Waals surface area contributed by atoms with Gasteiger partial charge in [0, 0.05) is 11.1 Å². The fraction of sp³-hybridized carbons (Fsp3) is 0. The van der Waals surface area contributed by atoms with Crippen molar-refractivity contribution in [1.29, 1.82) is 0 Å². The molecular weight excluding hydrogens is 242 g/mol. The number of nitro benzene ring substituents is 1. The van der Waals surface area contributed by atoms with Crippen molar-refractivity contribution in [2.75, 3.05) is 0 Å². The molecule has 1 aromatic carbocycles. The molecule has 0 unspecified atom stereocenters. The molecule has 5 heteroatoms. The third-order valence-electron chi connectivity index (χ3n) is 1.85. The summed E-state index contributed by atoms with van der Waals surface area (Å²) in [5, 5.41) is 15.6. The molecule has 0 saturated carbocycles. The van der Waals surface area contributed by atoms with Gasteiger partial charge in [0.1, 0.15) is 5.56 Å². The predicted molar refractivity (Wildman–Crippen MR) is 69.3 cm³/mol. The molecule has 1 aromatic rings. The van der Waals surface area contributed by atoms with Crippen LogP contribution in [0.3, 0.4) is 0 Å². The van der Waals surface area contributed by atoms with Gasteiger partial charge in [0.05, 0.1) is 4.92 Å². The van der Waals surface area contributed by atoms with Gasteiger partial charge in [0.15, 0.2) is 0 Å². The molecule has 0 aliphatic carbocycles. The van der Waals surface area contributed by atoms with Crippen molar-refractivity contribution in [2.24, 2.45) is 0 Å². The van der Waals surface area contributed by atoms with Gasteiger partial charge in [-0.05, 0) is 35.5 Å². The summed E-state index contributed by atoms with van der Waals surface area (Å²) in [6, 6.07) is 3.13. The van der Waals surface area contributed by atoms with Crippen molar-refractivity contribution in [3.8, 4) is 22.3 Å². The summed E-state index contributed by atoms with van der Waals surface area (Å²) in [6.07, 6.45) is 0. The van der Waals surface area contributed by atoms with Crippen LogP contribution in [0.2, 0.25) is 0 Å². The van der Waals surface area contributed by atoms with Crippen molar-refractivity contribution in [1.82, 2.24) is 0 Å². The summed E-state index contributed by atoms with van der Waals surface area (Å²) < 4.78 is 0. The summed E-state index contributed by atoms with van der Waals surface area (Å²) in [5.74, 6) is 5.15. The first-order valence-electron chi connectivity index (χ1n) is 4.05. The molecule has 16 heavy (non-hydrogen) atoms. The van der Waals surface area contributed by atoms with Gasteiger partial charge in [-0.1, -0.05) is 31.2 Å². The minimum Gasteiger partial charge on any atom is -0.258 e. The highest BCUT2D eigenvalue weighted by Gasteiger charge is 2.18. The third-order valence-corrected chi connectivity index (χ3v) is 2.07.